The first-order chi connectivity index (χ1) is 35.6. The molecule has 0 aromatic carbocycles. The molecule has 0 spiro atoms. The highest BCUT2D eigenvalue weighted by molar-refractivity contribution is 7.47. The fourth-order valence-corrected chi connectivity index (χ4v) is 8.09. The number of hydrogen-bond donors (Lipinski definition) is 1. The van der Waals surface area contributed by atoms with Crippen molar-refractivity contribution in [3.63, 3.8) is 0 Å². The Morgan fingerprint density at radius 3 is 1.12 bits per heavy atom. The van der Waals surface area contributed by atoms with Gasteiger partial charge in [-0.1, -0.05) is 225 Å². The summed E-state index contributed by atoms with van der Waals surface area (Å²) >= 11 is 0. The lowest BCUT2D eigenvalue weighted by Gasteiger charge is -2.24. The molecule has 0 aliphatic carbocycles. The van der Waals surface area contributed by atoms with Gasteiger partial charge in [-0.25, -0.2) is 4.57 Å². The van der Waals surface area contributed by atoms with E-state index in [0.29, 0.717) is 24.1 Å². The first-order valence-corrected chi connectivity index (χ1v) is 30.4. The molecule has 0 aliphatic rings. The van der Waals surface area contributed by atoms with Gasteiger partial charge in [0.25, 0.3) is 0 Å². The van der Waals surface area contributed by atoms with Crippen LogP contribution in [0.15, 0.2) is 134 Å². The molecular weight excluding hydrogens is 926 g/mol. The average Bonchev–Trinajstić information content (AvgIpc) is 3.35. The van der Waals surface area contributed by atoms with Gasteiger partial charge in [-0.3, -0.25) is 13.8 Å². The first-order valence-electron chi connectivity index (χ1n) is 28.9. The molecule has 9 heteroatoms. The summed E-state index contributed by atoms with van der Waals surface area (Å²) in [5, 5.41) is 0. The van der Waals surface area contributed by atoms with Crippen molar-refractivity contribution in [3.05, 3.63) is 134 Å². The number of carbonyl (C=O) groups excluding carboxylic acids is 1. The van der Waals surface area contributed by atoms with Crippen LogP contribution in [-0.4, -0.2) is 75.6 Å². The average molecular weight is 1040 g/mol. The van der Waals surface area contributed by atoms with Gasteiger partial charge in [0.1, 0.15) is 19.3 Å². The molecule has 0 aromatic heterocycles. The fourth-order valence-electron chi connectivity index (χ4n) is 7.35. The van der Waals surface area contributed by atoms with Crippen LogP contribution >= 0.6 is 7.82 Å². The molecule has 73 heavy (non-hydrogen) atoms. The highest BCUT2D eigenvalue weighted by Crippen LogP contribution is 2.43. The third kappa shape index (κ3) is 59.4. The number of ether oxygens (including phenoxy) is 2. The summed E-state index contributed by atoms with van der Waals surface area (Å²) < 4.78 is 35.2. The number of carbonyl (C=O) groups is 1. The van der Waals surface area contributed by atoms with Gasteiger partial charge in [-0.2, -0.15) is 0 Å². The molecule has 1 N–H and O–H groups in total. The molecule has 0 fully saturated rings. The van der Waals surface area contributed by atoms with Crippen LogP contribution in [0.2, 0.25) is 0 Å². The second-order valence-corrected chi connectivity index (χ2v) is 21.4. The summed E-state index contributed by atoms with van der Waals surface area (Å²) in [7, 11) is 1.63. The monoisotopic (exact) mass is 1030 g/mol. The van der Waals surface area contributed by atoms with Gasteiger partial charge in [0.2, 0.25) is 0 Å². The summed E-state index contributed by atoms with van der Waals surface area (Å²) in [6.07, 6.45) is 80.9. The van der Waals surface area contributed by atoms with E-state index in [-0.39, 0.29) is 25.8 Å². The third-order valence-corrected chi connectivity index (χ3v) is 12.7. The summed E-state index contributed by atoms with van der Waals surface area (Å²) in [4.78, 5) is 23.1. The molecule has 0 saturated carbocycles. The number of esters is 1. The van der Waals surface area contributed by atoms with Crippen molar-refractivity contribution in [2.24, 2.45) is 0 Å². The maximum absolute atomic E-state index is 12.8. The van der Waals surface area contributed by atoms with Crippen molar-refractivity contribution in [3.8, 4) is 0 Å². The molecule has 0 aromatic rings. The number of hydrogen-bond acceptors (Lipinski definition) is 6. The maximum Gasteiger partial charge on any atom is 0.472 e. The van der Waals surface area contributed by atoms with E-state index in [0.717, 1.165) is 122 Å². The second kappa shape index (κ2) is 54.9. The lowest BCUT2D eigenvalue weighted by Crippen LogP contribution is -2.37. The van der Waals surface area contributed by atoms with E-state index in [1.165, 1.54) is 64.2 Å². The molecule has 0 bridgehead atoms. The number of rotatable bonds is 52. The molecule has 8 nitrogen and oxygen atoms in total. The number of likely N-dealkylation sites (N-methyl/N-ethyl adjacent to an activating group) is 1. The second-order valence-electron chi connectivity index (χ2n) is 19.9. The van der Waals surface area contributed by atoms with Gasteiger partial charge in [-0.15, -0.1) is 0 Å². The van der Waals surface area contributed by atoms with E-state index < -0.39 is 13.9 Å². The van der Waals surface area contributed by atoms with Crippen LogP contribution in [0.3, 0.4) is 0 Å². The molecule has 0 rings (SSSR count). The summed E-state index contributed by atoms with van der Waals surface area (Å²) in [6.45, 7) is 5.31. The number of phosphoric ester groups is 1. The predicted octanol–water partition coefficient (Wildman–Crippen LogP) is 18.6. The number of unbranched alkanes of at least 4 members (excludes halogenated alkanes) is 16. The first kappa shape index (κ1) is 69.6. The van der Waals surface area contributed by atoms with Crippen LogP contribution in [-0.2, 0) is 27.9 Å². The number of phosphoric acid groups is 1. The number of nitrogens with zero attached hydrogens (tertiary/aromatic N) is 1. The Kier molecular flexibility index (Phi) is 52.4. The van der Waals surface area contributed by atoms with Gasteiger partial charge >= 0.3 is 13.8 Å². The van der Waals surface area contributed by atoms with Crippen molar-refractivity contribution in [2.75, 3.05) is 54.1 Å². The lowest BCUT2D eigenvalue weighted by molar-refractivity contribution is -0.870. The topological polar surface area (TPSA) is 91.3 Å². The predicted molar refractivity (Wildman–Crippen MR) is 316 cm³/mol. The van der Waals surface area contributed by atoms with Crippen molar-refractivity contribution >= 4 is 13.8 Å². The van der Waals surface area contributed by atoms with E-state index in [1.54, 1.807) is 0 Å². The Bertz CT molecular complexity index is 1630. The van der Waals surface area contributed by atoms with Crippen LogP contribution in [0.4, 0.5) is 0 Å². The van der Waals surface area contributed by atoms with Crippen LogP contribution in [0.1, 0.15) is 206 Å². The smallest absolute Gasteiger partial charge is 0.457 e. The Balaban J connectivity index is 4.18. The molecule has 0 saturated heterocycles. The quantitative estimate of drug-likeness (QED) is 0.0213. The Hall–Kier alpha value is -3.36. The minimum atomic E-state index is -4.30. The van der Waals surface area contributed by atoms with Gasteiger partial charge in [0.05, 0.1) is 34.4 Å². The lowest BCUT2D eigenvalue weighted by atomic mass is 10.0. The Morgan fingerprint density at radius 2 is 0.753 bits per heavy atom. The summed E-state index contributed by atoms with van der Waals surface area (Å²) in [5.41, 5.74) is 0. The number of allylic oxidation sites excluding steroid dienone is 22. The standard InChI is InChI=1S/C64H108NO7P/c1-6-8-10-12-14-16-18-20-22-24-26-28-30-32-34-36-38-40-42-44-46-48-50-52-54-56-59-69-61-63(62-71-73(67,68)70-60-58-65(3,4)5)72-64(66)57-55-53-51-49-47-45-43-41-39-37-35-33-31-29-27-25-23-21-19-17-15-13-11-9-7-2/h8-11,14-17,20-23,26-29,32,34,38,40,44,46,63H,6-7,12-13,18-19,24-25,30-31,33,35-37,39,41-43,45,47-62H2,1-5H3/p+1/b10-8-,11-9-,16-14-,17-15-,22-20-,23-21-,28-26-,29-27-,34-32-,40-38-,46-44-. The highest BCUT2D eigenvalue weighted by Gasteiger charge is 2.26. The molecule has 0 heterocycles. The molecule has 0 radical (unpaired) electrons. The fraction of sp³-hybridized carbons (Fsp3) is 0.641. The normalized spacial score (nSPS) is 14.4. The van der Waals surface area contributed by atoms with Gasteiger partial charge < -0.3 is 18.9 Å². The molecular formula is C64H109NO7P+. The SMILES string of the molecule is CC/C=C\C/C=C\C/C=C\C/C=C\C/C=C\C/C=C\C/C=C\CCCCCCOCC(COP(=O)(O)OCC[N+](C)(C)C)OC(=O)CCCCCCCCCCCCCC/C=C\C/C=C\C/C=C\C/C=C\CC. The van der Waals surface area contributed by atoms with E-state index in [2.05, 4.69) is 148 Å². The van der Waals surface area contributed by atoms with E-state index in [1.807, 2.05) is 21.1 Å². The minimum Gasteiger partial charge on any atom is -0.457 e. The molecule has 2 unspecified atom stereocenters. The zero-order chi connectivity index (χ0) is 53.3. The van der Waals surface area contributed by atoms with Crippen molar-refractivity contribution in [1.82, 2.24) is 0 Å². The Morgan fingerprint density at radius 1 is 0.425 bits per heavy atom. The zero-order valence-electron chi connectivity index (χ0n) is 47.3. The van der Waals surface area contributed by atoms with Crippen molar-refractivity contribution < 1.29 is 37.3 Å². The van der Waals surface area contributed by atoms with Gasteiger partial charge in [-0.05, 0) is 109 Å². The van der Waals surface area contributed by atoms with Gasteiger partial charge in [0, 0.05) is 13.0 Å². The van der Waals surface area contributed by atoms with Crippen molar-refractivity contribution in [1.29, 1.82) is 0 Å². The molecule has 0 amide bonds. The molecule has 0 aliphatic heterocycles. The largest absolute Gasteiger partial charge is 0.472 e. The van der Waals surface area contributed by atoms with Crippen LogP contribution in [0.25, 0.3) is 0 Å². The summed E-state index contributed by atoms with van der Waals surface area (Å²) in [5.74, 6) is -0.330. The maximum atomic E-state index is 12.8. The molecule has 416 valence electrons. The highest BCUT2D eigenvalue weighted by atomic mass is 31.2. The summed E-state index contributed by atoms with van der Waals surface area (Å²) in [6, 6.07) is 0. The van der Waals surface area contributed by atoms with E-state index >= 15 is 0 Å². The van der Waals surface area contributed by atoms with Crippen LogP contribution in [0, 0.1) is 0 Å². The Labute approximate surface area is 449 Å². The third-order valence-electron chi connectivity index (χ3n) is 11.7. The van der Waals surface area contributed by atoms with Crippen LogP contribution < -0.4 is 0 Å². The zero-order valence-corrected chi connectivity index (χ0v) is 48.2. The number of quaternary nitrogens is 1. The van der Waals surface area contributed by atoms with Crippen LogP contribution in [0.5, 0.6) is 0 Å². The van der Waals surface area contributed by atoms with Crippen molar-refractivity contribution in [2.45, 2.75) is 213 Å². The van der Waals surface area contributed by atoms with E-state index in [4.69, 9.17) is 18.5 Å². The van der Waals surface area contributed by atoms with E-state index in [9.17, 15) is 14.3 Å². The molecule has 2 atom stereocenters. The van der Waals surface area contributed by atoms with Gasteiger partial charge in [0.15, 0.2) is 0 Å². The minimum absolute atomic E-state index is 0.0751.